The van der Waals surface area contributed by atoms with E-state index in [2.05, 4.69) is 4.90 Å². The molecular formula is C25H27ClF4N2O6S. The third kappa shape index (κ3) is 9.66. The van der Waals surface area contributed by atoms with Crippen molar-refractivity contribution in [1.82, 2.24) is 9.62 Å². The molecule has 1 saturated heterocycles. The van der Waals surface area contributed by atoms with Gasteiger partial charge in [0, 0.05) is 24.7 Å². The third-order valence-corrected chi connectivity index (χ3v) is 6.86. The first-order chi connectivity index (χ1) is 18.1. The lowest BCUT2D eigenvalue weighted by atomic mass is 9.97. The van der Waals surface area contributed by atoms with Crippen LogP contribution >= 0.6 is 11.6 Å². The molecule has 0 bridgehead atoms. The van der Waals surface area contributed by atoms with Crippen LogP contribution < -0.4 is 9.46 Å². The first kappa shape index (κ1) is 30.6. The molecule has 8 nitrogen and oxygen atoms in total. The van der Waals surface area contributed by atoms with Gasteiger partial charge in [-0.15, -0.1) is 0 Å². The summed E-state index contributed by atoms with van der Waals surface area (Å²) in [6, 6.07) is 10.3. The molecule has 0 unspecified atom stereocenters. The Kier molecular flexibility index (Phi) is 9.83. The molecule has 2 fully saturated rings. The minimum atomic E-state index is -5.08. The number of carboxylic acids is 1. The van der Waals surface area contributed by atoms with Crippen molar-refractivity contribution in [3.8, 4) is 5.75 Å². The summed E-state index contributed by atoms with van der Waals surface area (Å²) in [7, 11) is -3.76. The topological polar surface area (TPSA) is 113 Å². The van der Waals surface area contributed by atoms with Crippen molar-refractivity contribution in [2.75, 3.05) is 19.3 Å². The number of carbonyl (C=O) groups excluding carboxylic acids is 1. The second-order valence-corrected chi connectivity index (χ2v) is 11.5. The summed E-state index contributed by atoms with van der Waals surface area (Å²) in [6.45, 7) is 2.23. The lowest BCUT2D eigenvalue weighted by Crippen LogP contribution is -2.38. The highest BCUT2D eigenvalue weighted by molar-refractivity contribution is 7.89. The van der Waals surface area contributed by atoms with Crippen LogP contribution in [0, 0.1) is 5.82 Å². The number of hydrogen-bond acceptors (Lipinski definition) is 6. The number of amides is 1. The lowest BCUT2D eigenvalue weighted by Gasteiger charge is -2.32. The third-order valence-electron chi connectivity index (χ3n) is 6.06. The number of nitrogens with zero attached hydrogens (tertiary/aromatic N) is 1. The summed E-state index contributed by atoms with van der Waals surface area (Å²) in [5.74, 6) is -3.30. The second-order valence-electron chi connectivity index (χ2n) is 9.36. The minimum Gasteiger partial charge on any atom is -0.490 e. The zero-order valence-corrected chi connectivity index (χ0v) is 22.4. The van der Waals surface area contributed by atoms with Gasteiger partial charge in [-0.3, -0.25) is 9.69 Å². The number of hydrogen-bond donors (Lipinski definition) is 2. The van der Waals surface area contributed by atoms with Crippen molar-refractivity contribution in [2.24, 2.45) is 0 Å². The van der Waals surface area contributed by atoms with Gasteiger partial charge in [-0.2, -0.15) is 13.2 Å². The highest BCUT2D eigenvalue weighted by atomic mass is 35.5. The average Bonchev–Trinajstić information content (AvgIpc) is 3.66. The molecule has 39 heavy (non-hydrogen) atoms. The smallest absolute Gasteiger partial charge is 0.490 e. The van der Waals surface area contributed by atoms with Gasteiger partial charge in [-0.1, -0.05) is 11.6 Å². The van der Waals surface area contributed by atoms with Crippen LogP contribution in [-0.4, -0.2) is 61.9 Å². The number of benzene rings is 2. The number of alkyl halides is 3. The van der Waals surface area contributed by atoms with Crippen molar-refractivity contribution in [3.05, 3.63) is 63.9 Å². The number of rotatable bonds is 7. The SMILES string of the molecule is CS(=O)(=O)NC(=O)c1cc(C2CC2)c(CN2CCC(Oc3ccc(Cl)cc3)CC2)cc1F.O=C(O)C(F)(F)F. The number of nitrogens with one attached hydrogen (secondary N) is 1. The van der Waals surface area contributed by atoms with Crippen molar-refractivity contribution < 1.29 is 45.4 Å². The summed E-state index contributed by atoms with van der Waals surface area (Å²) >= 11 is 5.92. The number of aliphatic carboxylic acids is 1. The molecule has 1 heterocycles. The van der Waals surface area contributed by atoms with Crippen LogP contribution in [0.15, 0.2) is 36.4 Å². The van der Waals surface area contributed by atoms with E-state index in [0.717, 1.165) is 61.9 Å². The molecule has 2 aliphatic rings. The minimum absolute atomic E-state index is 0.120. The Morgan fingerprint density at radius 1 is 1.10 bits per heavy atom. The van der Waals surface area contributed by atoms with Crippen LogP contribution in [0.1, 0.15) is 53.1 Å². The molecule has 4 rings (SSSR count). The fraction of sp³-hybridized carbons (Fsp3) is 0.440. The normalized spacial score (nSPS) is 16.7. The van der Waals surface area contributed by atoms with E-state index < -0.39 is 33.9 Å². The Balaban J connectivity index is 0.000000532. The number of sulfonamides is 1. The number of carboxylic acid groups (broad SMARTS) is 1. The van der Waals surface area contributed by atoms with Crippen molar-refractivity contribution in [3.63, 3.8) is 0 Å². The summed E-state index contributed by atoms with van der Waals surface area (Å²) in [5.41, 5.74) is 1.57. The number of likely N-dealkylation sites (tertiary alicyclic amines) is 1. The summed E-state index contributed by atoms with van der Waals surface area (Å²) < 4.78 is 77.1. The molecule has 2 aromatic carbocycles. The number of ether oxygens (including phenoxy) is 1. The highest BCUT2D eigenvalue weighted by Crippen LogP contribution is 2.43. The zero-order valence-electron chi connectivity index (χ0n) is 20.8. The van der Waals surface area contributed by atoms with Crippen LogP contribution in [0.3, 0.4) is 0 Å². The van der Waals surface area contributed by atoms with Gasteiger partial charge in [0.1, 0.15) is 17.7 Å². The molecule has 0 atom stereocenters. The van der Waals surface area contributed by atoms with Crippen molar-refractivity contribution in [2.45, 2.75) is 50.4 Å². The molecule has 2 N–H and O–H groups in total. The molecule has 14 heteroatoms. The molecule has 1 saturated carbocycles. The fourth-order valence-electron chi connectivity index (χ4n) is 4.07. The van der Waals surface area contributed by atoms with Gasteiger partial charge >= 0.3 is 12.1 Å². The van der Waals surface area contributed by atoms with Crippen LogP contribution in [-0.2, 0) is 21.4 Å². The maximum Gasteiger partial charge on any atom is 0.490 e. The maximum absolute atomic E-state index is 14.7. The van der Waals surface area contributed by atoms with Gasteiger partial charge in [0.25, 0.3) is 5.91 Å². The Morgan fingerprint density at radius 3 is 2.15 bits per heavy atom. The largest absolute Gasteiger partial charge is 0.490 e. The quantitative estimate of drug-likeness (QED) is 0.446. The van der Waals surface area contributed by atoms with E-state index in [1.54, 1.807) is 12.1 Å². The van der Waals surface area contributed by atoms with Crippen LogP contribution in [0.4, 0.5) is 17.6 Å². The van der Waals surface area contributed by atoms with Gasteiger partial charge in [0.15, 0.2) is 0 Å². The molecule has 1 aliphatic carbocycles. The van der Waals surface area contributed by atoms with Gasteiger partial charge in [0.2, 0.25) is 10.0 Å². The summed E-state index contributed by atoms with van der Waals surface area (Å²) in [4.78, 5) is 23.4. The molecule has 0 aromatic heterocycles. The van der Waals surface area contributed by atoms with E-state index in [9.17, 15) is 30.8 Å². The van der Waals surface area contributed by atoms with Gasteiger partial charge in [0.05, 0.1) is 11.8 Å². The standard InChI is InChI=1S/C23H26ClFN2O4S.C2HF3O2/c1-32(29,30)26-23(28)21-13-20(15-2-3-15)16(12-22(21)25)14-27-10-8-19(9-11-27)31-18-6-4-17(24)5-7-18;3-2(4,5)1(6)7/h4-7,12-13,15,19H,2-3,8-11,14H2,1H3,(H,26,28);(H,6,7). The Bertz CT molecular complexity index is 1290. The van der Waals surface area contributed by atoms with Gasteiger partial charge in [-0.05, 0) is 79.1 Å². The van der Waals surface area contributed by atoms with E-state index in [4.69, 9.17) is 26.2 Å². The van der Waals surface area contributed by atoms with E-state index in [1.807, 2.05) is 16.9 Å². The molecule has 214 valence electrons. The first-order valence-electron chi connectivity index (χ1n) is 11.9. The van der Waals surface area contributed by atoms with Crippen molar-refractivity contribution >= 4 is 33.5 Å². The molecule has 2 aromatic rings. The van der Waals surface area contributed by atoms with E-state index in [0.29, 0.717) is 17.5 Å². The molecule has 1 amide bonds. The highest BCUT2D eigenvalue weighted by Gasteiger charge is 2.38. The predicted molar refractivity (Wildman–Crippen MR) is 135 cm³/mol. The molecule has 0 spiro atoms. The van der Waals surface area contributed by atoms with Crippen LogP contribution in [0.25, 0.3) is 0 Å². The predicted octanol–water partition coefficient (Wildman–Crippen LogP) is 4.72. The summed E-state index contributed by atoms with van der Waals surface area (Å²) in [6.07, 6.45) is -0.392. The Labute approximate surface area is 227 Å². The number of carbonyl (C=O) groups is 2. The van der Waals surface area contributed by atoms with Crippen LogP contribution in [0.2, 0.25) is 5.02 Å². The van der Waals surface area contributed by atoms with Gasteiger partial charge in [-0.25, -0.2) is 22.3 Å². The van der Waals surface area contributed by atoms with E-state index in [-0.39, 0.29) is 11.7 Å². The Morgan fingerprint density at radius 2 is 1.67 bits per heavy atom. The fourth-order valence-corrected chi connectivity index (χ4v) is 4.64. The lowest BCUT2D eigenvalue weighted by molar-refractivity contribution is -0.192. The number of halogens is 5. The van der Waals surface area contributed by atoms with E-state index in [1.165, 1.54) is 12.1 Å². The Hall–Kier alpha value is -2.90. The zero-order chi connectivity index (χ0) is 29.0. The monoisotopic (exact) mass is 594 g/mol. The average molecular weight is 595 g/mol. The second kappa shape index (κ2) is 12.5. The maximum atomic E-state index is 14.7. The first-order valence-corrected chi connectivity index (χ1v) is 14.2. The number of piperidine rings is 1. The molecule has 1 aliphatic heterocycles. The van der Waals surface area contributed by atoms with E-state index >= 15 is 0 Å². The summed E-state index contributed by atoms with van der Waals surface area (Å²) in [5, 5.41) is 7.80. The van der Waals surface area contributed by atoms with Crippen molar-refractivity contribution in [1.29, 1.82) is 0 Å². The van der Waals surface area contributed by atoms with Crippen LogP contribution in [0.5, 0.6) is 5.75 Å². The van der Waals surface area contributed by atoms with Gasteiger partial charge < -0.3 is 9.84 Å². The molecule has 0 radical (unpaired) electrons. The molecular weight excluding hydrogens is 568 g/mol.